The molecule has 7 heteroatoms. The van der Waals surface area contributed by atoms with Crippen LogP contribution in [0.4, 0.5) is 0 Å². The van der Waals surface area contributed by atoms with E-state index in [-0.39, 0.29) is 34.2 Å². The molecule has 1 aromatic heterocycles. The van der Waals surface area contributed by atoms with E-state index in [4.69, 9.17) is 9.15 Å². The first kappa shape index (κ1) is 20.6. The molecule has 1 N–H and O–H groups in total. The van der Waals surface area contributed by atoms with Crippen molar-refractivity contribution in [1.29, 1.82) is 0 Å². The minimum absolute atomic E-state index is 0.101. The number of amides is 1. The summed E-state index contributed by atoms with van der Waals surface area (Å²) >= 11 is 0. The summed E-state index contributed by atoms with van der Waals surface area (Å²) in [4.78, 5) is 12.4. The van der Waals surface area contributed by atoms with Crippen LogP contribution in [0, 0.1) is 5.92 Å². The lowest BCUT2D eigenvalue weighted by atomic mass is 9.88. The molecule has 1 aliphatic carbocycles. The Hall–Kier alpha value is -2.12. The highest BCUT2D eigenvalue weighted by atomic mass is 32.2. The smallest absolute Gasteiger partial charge is 0.287 e. The number of sulfone groups is 1. The third kappa shape index (κ3) is 5.45. The van der Waals surface area contributed by atoms with Crippen LogP contribution in [-0.4, -0.2) is 33.6 Å². The molecule has 0 bridgehead atoms. The summed E-state index contributed by atoms with van der Waals surface area (Å²) in [5.74, 6) is 0.241. The largest absolute Gasteiger partial charge is 0.455 e. The Kier molecular flexibility index (Phi) is 6.91. The second kappa shape index (κ2) is 9.39. The van der Waals surface area contributed by atoms with E-state index in [0.717, 1.165) is 6.42 Å². The molecule has 0 spiro atoms. The van der Waals surface area contributed by atoms with Crippen LogP contribution < -0.4 is 5.32 Å². The van der Waals surface area contributed by atoms with Crippen molar-refractivity contribution >= 4 is 15.7 Å². The van der Waals surface area contributed by atoms with Gasteiger partial charge in [-0.05, 0) is 43.0 Å². The number of benzene rings is 1. The monoisotopic (exact) mass is 405 g/mol. The van der Waals surface area contributed by atoms with E-state index in [1.807, 2.05) is 0 Å². The molecule has 2 atom stereocenters. The van der Waals surface area contributed by atoms with Gasteiger partial charge in [0, 0.05) is 6.54 Å². The lowest BCUT2D eigenvalue weighted by Gasteiger charge is -2.28. The van der Waals surface area contributed by atoms with Gasteiger partial charge in [-0.25, -0.2) is 8.42 Å². The number of hydrogen-bond acceptors (Lipinski definition) is 5. The molecule has 2 aromatic rings. The molecule has 1 saturated carbocycles. The number of nitrogens with one attached hydrogen (secondary N) is 1. The second-order valence-corrected chi connectivity index (χ2v) is 9.25. The summed E-state index contributed by atoms with van der Waals surface area (Å²) < 4.78 is 36.1. The Morgan fingerprint density at radius 2 is 1.89 bits per heavy atom. The van der Waals surface area contributed by atoms with Crippen LogP contribution in [0.15, 0.2) is 51.8 Å². The summed E-state index contributed by atoms with van der Waals surface area (Å²) in [6, 6.07) is 11.2. The molecule has 0 saturated heterocycles. The first-order chi connectivity index (χ1) is 13.5. The van der Waals surface area contributed by atoms with Gasteiger partial charge in [-0.1, -0.05) is 38.0 Å². The van der Waals surface area contributed by atoms with Gasteiger partial charge in [0.2, 0.25) is 0 Å². The fraction of sp³-hybridized carbons (Fsp3) is 0.476. The molecule has 0 radical (unpaired) electrons. The van der Waals surface area contributed by atoms with E-state index >= 15 is 0 Å². The van der Waals surface area contributed by atoms with E-state index in [1.165, 1.54) is 31.4 Å². The SMILES string of the molecule is CC1CCCCC1OCCNC(=O)c1ccc(CS(=O)(=O)c2ccccc2)o1. The third-order valence-corrected chi connectivity index (χ3v) is 6.73. The van der Waals surface area contributed by atoms with Crippen molar-refractivity contribution in [3.8, 4) is 0 Å². The van der Waals surface area contributed by atoms with Crippen LogP contribution >= 0.6 is 0 Å². The van der Waals surface area contributed by atoms with Crippen molar-refractivity contribution in [3.63, 3.8) is 0 Å². The topological polar surface area (TPSA) is 85.6 Å². The van der Waals surface area contributed by atoms with Crippen molar-refractivity contribution in [3.05, 3.63) is 54.0 Å². The summed E-state index contributed by atoms with van der Waals surface area (Å²) in [6.45, 7) is 3.05. The molecular weight excluding hydrogens is 378 g/mol. The van der Waals surface area contributed by atoms with Gasteiger partial charge in [0.25, 0.3) is 5.91 Å². The first-order valence-electron chi connectivity index (χ1n) is 9.72. The number of ether oxygens (including phenoxy) is 1. The van der Waals surface area contributed by atoms with Crippen LogP contribution in [0.2, 0.25) is 0 Å². The zero-order chi connectivity index (χ0) is 20.0. The highest BCUT2D eigenvalue weighted by Crippen LogP contribution is 2.26. The van der Waals surface area contributed by atoms with E-state index in [2.05, 4.69) is 12.2 Å². The molecule has 28 heavy (non-hydrogen) atoms. The number of rotatable bonds is 8. The summed E-state index contributed by atoms with van der Waals surface area (Å²) in [5, 5.41) is 2.75. The Balaban J connectivity index is 1.47. The summed E-state index contributed by atoms with van der Waals surface area (Å²) in [7, 11) is -3.51. The zero-order valence-electron chi connectivity index (χ0n) is 16.1. The molecule has 1 aliphatic rings. The summed E-state index contributed by atoms with van der Waals surface area (Å²) in [5.41, 5.74) is 0. The van der Waals surface area contributed by atoms with Crippen molar-refractivity contribution in [2.24, 2.45) is 5.92 Å². The molecule has 6 nitrogen and oxygen atoms in total. The predicted octanol–water partition coefficient (Wildman–Crippen LogP) is 3.58. The van der Waals surface area contributed by atoms with Gasteiger partial charge in [0.15, 0.2) is 15.6 Å². The first-order valence-corrected chi connectivity index (χ1v) is 11.4. The maximum atomic E-state index is 12.4. The molecule has 3 rings (SSSR count). The van der Waals surface area contributed by atoms with E-state index < -0.39 is 9.84 Å². The Morgan fingerprint density at radius 3 is 2.64 bits per heavy atom. The highest BCUT2D eigenvalue weighted by molar-refractivity contribution is 7.90. The lowest BCUT2D eigenvalue weighted by molar-refractivity contribution is -0.00300. The normalized spacial score (nSPS) is 20.0. The number of furan rings is 1. The van der Waals surface area contributed by atoms with Gasteiger partial charge in [0.05, 0.1) is 17.6 Å². The van der Waals surface area contributed by atoms with Crippen LogP contribution in [-0.2, 0) is 20.3 Å². The average Bonchev–Trinajstić information content (AvgIpc) is 3.15. The predicted molar refractivity (Wildman–Crippen MR) is 106 cm³/mol. The molecule has 1 heterocycles. The lowest BCUT2D eigenvalue weighted by Crippen LogP contribution is -2.31. The molecule has 1 aromatic carbocycles. The highest BCUT2D eigenvalue weighted by Gasteiger charge is 2.22. The van der Waals surface area contributed by atoms with Crippen LogP contribution in [0.5, 0.6) is 0 Å². The molecule has 1 fully saturated rings. The van der Waals surface area contributed by atoms with Crippen LogP contribution in [0.3, 0.4) is 0 Å². The second-order valence-electron chi connectivity index (χ2n) is 7.26. The molecular formula is C21H27NO5S. The van der Waals surface area contributed by atoms with Crippen molar-refractivity contribution in [2.45, 2.75) is 49.4 Å². The number of carbonyl (C=O) groups is 1. The minimum atomic E-state index is -3.51. The van der Waals surface area contributed by atoms with Gasteiger partial charge in [0.1, 0.15) is 11.5 Å². The maximum Gasteiger partial charge on any atom is 0.287 e. The van der Waals surface area contributed by atoms with Gasteiger partial charge in [-0.3, -0.25) is 4.79 Å². The Morgan fingerprint density at radius 1 is 1.14 bits per heavy atom. The molecule has 1 amide bonds. The quantitative estimate of drug-likeness (QED) is 0.679. The van der Waals surface area contributed by atoms with E-state index in [1.54, 1.807) is 30.3 Å². The average molecular weight is 406 g/mol. The van der Waals surface area contributed by atoms with Crippen LogP contribution in [0.25, 0.3) is 0 Å². The van der Waals surface area contributed by atoms with Gasteiger partial charge in [-0.2, -0.15) is 0 Å². The number of carbonyl (C=O) groups excluding carboxylic acids is 1. The van der Waals surface area contributed by atoms with Crippen molar-refractivity contribution in [2.75, 3.05) is 13.2 Å². The fourth-order valence-electron chi connectivity index (χ4n) is 3.47. The van der Waals surface area contributed by atoms with Crippen molar-refractivity contribution < 1.29 is 22.4 Å². The molecule has 152 valence electrons. The van der Waals surface area contributed by atoms with E-state index in [0.29, 0.717) is 19.1 Å². The number of hydrogen-bond donors (Lipinski definition) is 1. The Bertz CT molecular complexity index is 875. The van der Waals surface area contributed by atoms with E-state index in [9.17, 15) is 13.2 Å². The van der Waals surface area contributed by atoms with Crippen molar-refractivity contribution in [1.82, 2.24) is 5.32 Å². The standard InChI is InChI=1S/C21H27NO5S/c1-16-7-5-6-10-19(16)26-14-13-22-21(23)20-12-11-17(27-20)15-28(24,25)18-8-3-2-4-9-18/h2-4,8-9,11-12,16,19H,5-7,10,13-15H2,1H3,(H,22,23). The maximum absolute atomic E-state index is 12.4. The fourth-order valence-corrected chi connectivity index (χ4v) is 4.74. The third-order valence-electron chi connectivity index (χ3n) is 5.07. The Labute approximate surface area is 166 Å². The minimum Gasteiger partial charge on any atom is -0.455 e. The zero-order valence-corrected chi connectivity index (χ0v) is 16.9. The van der Waals surface area contributed by atoms with Crippen LogP contribution in [0.1, 0.15) is 48.9 Å². The van der Waals surface area contributed by atoms with Gasteiger partial charge < -0.3 is 14.5 Å². The van der Waals surface area contributed by atoms with Gasteiger partial charge >= 0.3 is 0 Å². The molecule has 2 unspecified atom stereocenters. The summed E-state index contributed by atoms with van der Waals surface area (Å²) in [6.07, 6.45) is 5.00. The molecule has 0 aliphatic heterocycles. The van der Waals surface area contributed by atoms with Gasteiger partial charge in [-0.15, -0.1) is 0 Å².